The van der Waals surface area contributed by atoms with Crippen molar-refractivity contribution >= 4 is 43.8 Å². The number of esters is 2. The van der Waals surface area contributed by atoms with Crippen LogP contribution in [-0.2, 0) is 19.1 Å². The largest absolute Gasteiger partial charge is 0.462 e. The lowest BCUT2D eigenvalue weighted by Crippen LogP contribution is -2.36. The second-order valence-corrected chi connectivity index (χ2v) is 6.09. The lowest BCUT2D eigenvalue weighted by atomic mass is 10.2. The Kier molecular flexibility index (Phi) is 8.86. The van der Waals surface area contributed by atoms with Crippen LogP contribution in [0.2, 0.25) is 0 Å². The molecule has 0 amide bonds. The van der Waals surface area contributed by atoms with Gasteiger partial charge in [-0.05, 0) is 26.7 Å². The van der Waals surface area contributed by atoms with Gasteiger partial charge >= 0.3 is 11.9 Å². The van der Waals surface area contributed by atoms with Crippen LogP contribution in [0.4, 0.5) is 0 Å². The van der Waals surface area contributed by atoms with Crippen LogP contribution in [-0.4, -0.2) is 33.8 Å². The first-order valence-corrected chi connectivity index (χ1v) is 7.85. The van der Waals surface area contributed by atoms with Crippen LogP contribution in [0, 0.1) is 0 Å². The van der Waals surface area contributed by atoms with Crippen molar-refractivity contribution in [3.05, 3.63) is 0 Å². The molecule has 4 nitrogen and oxygen atoms in total. The summed E-state index contributed by atoms with van der Waals surface area (Å²) < 4.78 is 10.3. The number of alkyl halides is 2. The first-order chi connectivity index (χ1) is 8.33. The van der Waals surface area contributed by atoms with Gasteiger partial charge in [0.1, 0.15) is 9.65 Å². The number of carbonyl (C=O) groups is 2. The Morgan fingerprint density at radius 1 is 0.889 bits per heavy atom. The summed E-state index contributed by atoms with van der Waals surface area (Å²) in [6.07, 6.45) is 1.14. The molecule has 6 heteroatoms. The van der Waals surface area contributed by atoms with Crippen LogP contribution < -0.4 is 0 Å². The number of hydrogen-bond donors (Lipinski definition) is 0. The Bertz CT molecular complexity index is 255. The van der Waals surface area contributed by atoms with Crippen LogP contribution in [0.25, 0.3) is 0 Å². The smallest absolute Gasteiger partial charge is 0.321 e. The molecule has 0 radical (unpaired) electrons. The molecule has 0 rings (SSSR count). The molecule has 0 heterocycles. The molecule has 0 aromatic carbocycles. The van der Waals surface area contributed by atoms with Gasteiger partial charge in [0.05, 0.1) is 12.2 Å². The van der Waals surface area contributed by atoms with E-state index >= 15 is 0 Å². The van der Waals surface area contributed by atoms with Gasteiger partial charge in [0.15, 0.2) is 0 Å². The van der Waals surface area contributed by atoms with Crippen molar-refractivity contribution in [3.8, 4) is 0 Å². The molecular weight excluding hydrogens is 368 g/mol. The van der Waals surface area contributed by atoms with Crippen molar-refractivity contribution in [2.75, 3.05) is 0 Å². The second-order valence-electron chi connectivity index (χ2n) is 4.12. The molecule has 0 bridgehead atoms. The van der Waals surface area contributed by atoms with E-state index in [9.17, 15) is 9.59 Å². The second kappa shape index (κ2) is 8.91. The molecule has 0 aromatic rings. The van der Waals surface area contributed by atoms with E-state index in [-0.39, 0.29) is 12.2 Å². The van der Waals surface area contributed by atoms with E-state index < -0.39 is 21.6 Å². The zero-order chi connectivity index (χ0) is 14.3. The standard InChI is InChI=1S/C12H20Br2O4/c1-5-7(3)17-11(15)9(13)10(14)12(16)18-8(4)6-2/h7-10H,5-6H2,1-4H3/t7?,8?,9-,10-/m0/s1. The van der Waals surface area contributed by atoms with E-state index in [1.165, 1.54) is 0 Å². The van der Waals surface area contributed by atoms with Crippen molar-refractivity contribution in [3.63, 3.8) is 0 Å². The SMILES string of the molecule is CCC(C)OC(=O)[C@@H](Br)[C@H](Br)C(=O)OC(C)CC. The highest BCUT2D eigenvalue weighted by Gasteiger charge is 2.33. The summed E-state index contributed by atoms with van der Waals surface area (Å²) in [5, 5.41) is 0. The van der Waals surface area contributed by atoms with Gasteiger partial charge in [-0.25, -0.2) is 0 Å². The zero-order valence-electron chi connectivity index (χ0n) is 11.1. The molecule has 4 atom stereocenters. The number of carbonyl (C=O) groups excluding carboxylic acids is 2. The average Bonchev–Trinajstić information content (AvgIpc) is 2.36. The van der Waals surface area contributed by atoms with Gasteiger partial charge in [0.2, 0.25) is 0 Å². The first kappa shape index (κ1) is 17.9. The number of halogens is 2. The predicted molar refractivity (Wildman–Crippen MR) is 77.1 cm³/mol. The predicted octanol–water partition coefficient (Wildman–Crippen LogP) is 3.20. The maximum absolute atomic E-state index is 11.7. The molecule has 0 aliphatic rings. The molecule has 0 spiro atoms. The Balaban J connectivity index is 4.35. The molecule has 0 aromatic heterocycles. The summed E-state index contributed by atoms with van der Waals surface area (Å²) in [6, 6.07) is 0. The monoisotopic (exact) mass is 386 g/mol. The molecule has 0 N–H and O–H groups in total. The van der Waals surface area contributed by atoms with Crippen LogP contribution in [0.3, 0.4) is 0 Å². The third kappa shape index (κ3) is 6.18. The lowest BCUT2D eigenvalue weighted by molar-refractivity contribution is -0.153. The molecule has 0 aliphatic carbocycles. The first-order valence-electron chi connectivity index (χ1n) is 6.02. The molecule has 106 valence electrons. The highest BCUT2D eigenvalue weighted by molar-refractivity contribution is 9.12. The van der Waals surface area contributed by atoms with E-state index in [0.717, 1.165) is 12.8 Å². The highest BCUT2D eigenvalue weighted by atomic mass is 79.9. The van der Waals surface area contributed by atoms with Crippen LogP contribution >= 0.6 is 31.9 Å². The van der Waals surface area contributed by atoms with Crippen molar-refractivity contribution < 1.29 is 19.1 Å². The van der Waals surface area contributed by atoms with E-state index in [2.05, 4.69) is 31.9 Å². The van der Waals surface area contributed by atoms with Crippen molar-refractivity contribution in [1.29, 1.82) is 0 Å². The van der Waals surface area contributed by atoms with Gasteiger partial charge in [0.25, 0.3) is 0 Å². The van der Waals surface area contributed by atoms with Gasteiger partial charge in [-0.3, -0.25) is 9.59 Å². The van der Waals surface area contributed by atoms with Crippen molar-refractivity contribution in [2.24, 2.45) is 0 Å². The minimum Gasteiger partial charge on any atom is -0.462 e. The normalized spacial score (nSPS) is 17.4. The van der Waals surface area contributed by atoms with E-state index in [1.807, 2.05) is 13.8 Å². The van der Waals surface area contributed by atoms with E-state index in [4.69, 9.17) is 9.47 Å². The van der Waals surface area contributed by atoms with Crippen LogP contribution in [0.15, 0.2) is 0 Å². The maximum Gasteiger partial charge on any atom is 0.321 e. The number of ether oxygens (including phenoxy) is 2. The molecule has 0 fully saturated rings. The van der Waals surface area contributed by atoms with Gasteiger partial charge < -0.3 is 9.47 Å². The third-order valence-corrected chi connectivity index (χ3v) is 5.01. The van der Waals surface area contributed by atoms with Crippen molar-refractivity contribution in [1.82, 2.24) is 0 Å². The fraction of sp³-hybridized carbons (Fsp3) is 0.833. The Labute approximate surface area is 125 Å². The summed E-state index contributed by atoms with van der Waals surface area (Å²) in [5.41, 5.74) is 0. The summed E-state index contributed by atoms with van der Waals surface area (Å²) in [6.45, 7) is 7.45. The summed E-state index contributed by atoms with van der Waals surface area (Å²) in [4.78, 5) is 21.9. The fourth-order valence-corrected chi connectivity index (χ4v) is 1.58. The van der Waals surface area contributed by atoms with Gasteiger partial charge in [-0.1, -0.05) is 45.7 Å². The quantitative estimate of drug-likeness (QED) is 0.497. The minimum absolute atomic E-state index is 0.164. The Morgan fingerprint density at radius 3 is 1.39 bits per heavy atom. The van der Waals surface area contributed by atoms with Gasteiger partial charge in [-0.2, -0.15) is 0 Å². The summed E-state index contributed by atoms with van der Waals surface area (Å²) in [7, 11) is 0. The molecular formula is C12H20Br2O4. The summed E-state index contributed by atoms with van der Waals surface area (Å²) >= 11 is 6.31. The van der Waals surface area contributed by atoms with E-state index in [0.29, 0.717) is 0 Å². The van der Waals surface area contributed by atoms with E-state index in [1.54, 1.807) is 13.8 Å². The van der Waals surface area contributed by atoms with Crippen molar-refractivity contribution in [2.45, 2.75) is 62.4 Å². The molecule has 2 unspecified atom stereocenters. The fourth-order valence-electron chi connectivity index (χ4n) is 0.932. The van der Waals surface area contributed by atoms with Gasteiger partial charge in [0, 0.05) is 0 Å². The maximum atomic E-state index is 11.7. The average molecular weight is 388 g/mol. The highest BCUT2D eigenvalue weighted by Crippen LogP contribution is 2.19. The molecule has 0 saturated carbocycles. The van der Waals surface area contributed by atoms with Crippen LogP contribution in [0.5, 0.6) is 0 Å². The Morgan fingerprint density at radius 2 is 1.17 bits per heavy atom. The number of hydrogen-bond acceptors (Lipinski definition) is 4. The molecule has 18 heavy (non-hydrogen) atoms. The molecule has 0 saturated heterocycles. The summed E-state index contributed by atoms with van der Waals surface area (Å²) in [5.74, 6) is -0.931. The minimum atomic E-state index is -0.747. The molecule has 0 aliphatic heterocycles. The lowest BCUT2D eigenvalue weighted by Gasteiger charge is -2.19. The van der Waals surface area contributed by atoms with Gasteiger partial charge in [-0.15, -0.1) is 0 Å². The topological polar surface area (TPSA) is 52.6 Å². The van der Waals surface area contributed by atoms with Crippen LogP contribution in [0.1, 0.15) is 40.5 Å². The third-order valence-electron chi connectivity index (χ3n) is 2.49. The zero-order valence-corrected chi connectivity index (χ0v) is 14.3. The number of rotatable bonds is 7. The Hall–Kier alpha value is -0.100.